The molecule has 7 nitrogen and oxygen atoms in total. The van der Waals surface area contributed by atoms with Crippen LogP contribution in [-0.4, -0.2) is 35.3 Å². The van der Waals surface area contributed by atoms with Crippen molar-refractivity contribution in [3.8, 4) is 22.1 Å². The zero-order chi connectivity index (χ0) is 17.8. The Bertz CT molecular complexity index is 910. The molecule has 3 rings (SSSR count). The molecule has 0 saturated carbocycles. The molecule has 0 atom stereocenters. The van der Waals surface area contributed by atoms with Crippen LogP contribution in [0.15, 0.2) is 36.5 Å². The number of aromatic nitrogens is 3. The number of carbonyl (C=O) groups is 1. The Labute approximate surface area is 148 Å². The lowest BCUT2D eigenvalue weighted by molar-refractivity contribution is 0.102. The molecule has 1 N–H and O–H groups in total. The largest absolute Gasteiger partial charge is 0.496 e. The number of methoxy groups -OCH3 is 2. The van der Waals surface area contributed by atoms with Gasteiger partial charge in [-0.05, 0) is 30.4 Å². The first kappa shape index (κ1) is 16.8. The van der Waals surface area contributed by atoms with Gasteiger partial charge in [0.2, 0.25) is 5.13 Å². The molecule has 0 spiro atoms. The maximum atomic E-state index is 12.7. The number of nitrogens with one attached hydrogen (secondary N) is 1. The number of rotatable bonds is 5. The Morgan fingerprint density at radius 3 is 2.64 bits per heavy atom. The van der Waals surface area contributed by atoms with Gasteiger partial charge in [-0.1, -0.05) is 23.3 Å². The molecule has 0 bridgehead atoms. The molecule has 8 heteroatoms. The summed E-state index contributed by atoms with van der Waals surface area (Å²) in [6, 6.07) is 9.38. The maximum Gasteiger partial charge on any atom is 0.295 e. The lowest BCUT2D eigenvalue weighted by Crippen LogP contribution is -2.14. The summed E-state index contributed by atoms with van der Waals surface area (Å²) < 4.78 is 10.4. The SMILES string of the molecule is COc1nnc(NC(=O)c2cnc(C)cc2-c2ccccc2OC)s1. The zero-order valence-corrected chi connectivity index (χ0v) is 14.8. The molecule has 0 unspecified atom stereocenters. The molecule has 0 aliphatic rings. The van der Waals surface area contributed by atoms with Gasteiger partial charge in [0.15, 0.2) is 0 Å². The van der Waals surface area contributed by atoms with E-state index in [1.165, 1.54) is 7.11 Å². The minimum Gasteiger partial charge on any atom is -0.496 e. The highest BCUT2D eigenvalue weighted by Crippen LogP contribution is 2.33. The van der Waals surface area contributed by atoms with Gasteiger partial charge in [-0.2, -0.15) is 0 Å². The highest BCUT2D eigenvalue weighted by atomic mass is 32.1. The van der Waals surface area contributed by atoms with E-state index >= 15 is 0 Å². The Morgan fingerprint density at radius 2 is 1.92 bits per heavy atom. The predicted octanol–water partition coefficient (Wildman–Crippen LogP) is 3.18. The molecule has 1 amide bonds. The molecular formula is C17H16N4O3S. The van der Waals surface area contributed by atoms with E-state index in [0.29, 0.717) is 21.6 Å². The van der Waals surface area contributed by atoms with E-state index in [0.717, 1.165) is 28.2 Å². The Hall–Kier alpha value is -3.00. The Kier molecular flexibility index (Phi) is 4.90. The van der Waals surface area contributed by atoms with Crippen LogP contribution < -0.4 is 14.8 Å². The van der Waals surface area contributed by atoms with Gasteiger partial charge in [-0.25, -0.2) is 0 Å². The number of pyridine rings is 1. The van der Waals surface area contributed by atoms with Crippen molar-refractivity contribution >= 4 is 22.4 Å². The zero-order valence-electron chi connectivity index (χ0n) is 13.9. The van der Waals surface area contributed by atoms with E-state index in [1.54, 1.807) is 13.3 Å². The third-order valence-corrected chi connectivity index (χ3v) is 4.28. The molecule has 0 saturated heterocycles. The number of para-hydroxylation sites is 1. The van der Waals surface area contributed by atoms with Crippen molar-refractivity contribution in [2.24, 2.45) is 0 Å². The average Bonchev–Trinajstić information content (AvgIpc) is 3.09. The van der Waals surface area contributed by atoms with Crippen molar-refractivity contribution in [1.82, 2.24) is 15.2 Å². The molecule has 0 radical (unpaired) electrons. The topological polar surface area (TPSA) is 86.2 Å². The average molecular weight is 356 g/mol. The number of amides is 1. The van der Waals surface area contributed by atoms with Crippen LogP contribution in [0.1, 0.15) is 16.1 Å². The molecular weight excluding hydrogens is 340 g/mol. The predicted molar refractivity (Wildman–Crippen MR) is 95.4 cm³/mol. The van der Waals surface area contributed by atoms with E-state index in [9.17, 15) is 4.79 Å². The van der Waals surface area contributed by atoms with Crippen molar-refractivity contribution < 1.29 is 14.3 Å². The fourth-order valence-electron chi connectivity index (χ4n) is 2.34. The second kappa shape index (κ2) is 7.27. The van der Waals surface area contributed by atoms with Crippen LogP contribution in [0.4, 0.5) is 5.13 Å². The number of ether oxygens (including phenoxy) is 2. The number of hydrogen-bond acceptors (Lipinski definition) is 7. The van der Waals surface area contributed by atoms with Gasteiger partial charge in [0, 0.05) is 23.0 Å². The van der Waals surface area contributed by atoms with Crippen LogP contribution in [0.25, 0.3) is 11.1 Å². The van der Waals surface area contributed by atoms with Crippen LogP contribution in [0, 0.1) is 6.92 Å². The fourth-order valence-corrected chi connectivity index (χ4v) is 2.89. The summed E-state index contributed by atoms with van der Waals surface area (Å²) in [5.74, 6) is 0.354. The highest BCUT2D eigenvalue weighted by Gasteiger charge is 2.18. The normalized spacial score (nSPS) is 10.4. The minimum atomic E-state index is -0.327. The van der Waals surface area contributed by atoms with E-state index in [4.69, 9.17) is 9.47 Å². The number of carbonyl (C=O) groups excluding carboxylic acids is 1. The number of hydrogen-bond donors (Lipinski definition) is 1. The molecule has 3 aromatic rings. The van der Waals surface area contributed by atoms with Crippen LogP contribution in [-0.2, 0) is 0 Å². The van der Waals surface area contributed by atoms with Gasteiger partial charge >= 0.3 is 0 Å². The number of nitrogens with zero attached hydrogens (tertiary/aromatic N) is 3. The summed E-state index contributed by atoms with van der Waals surface area (Å²) in [5.41, 5.74) is 2.77. The lowest BCUT2D eigenvalue weighted by atomic mass is 9.99. The van der Waals surface area contributed by atoms with Crippen LogP contribution in [0.5, 0.6) is 10.9 Å². The third kappa shape index (κ3) is 3.58. The second-order valence-electron chi connectivity index (χ2n) is 5.10. The second-order valence-corrected chi connectivity index (χ2v) is 6.04. The summed E-state index contributed by atoms with van der Waals surface area (Å²) in [5, 5.41) is 11.1. The Balaban J connectivity index is 2.00. The van der Waals surface area contributed by atoms with Gasteiger partial charge < -0.3 is 9.47 Å². The van der Waals surface area contributed by atoms with E-state index in [2.05, 4.69) is 20.5 Å². The summed E-state index contributed by atoms with van der Waals surface area (Å²) in [7, 11) is 3.09. The summed E-state index contributed by atoms with van der Waals surface area (Å²) >= 11 is 1.15. The van der Waals surface area contributed by atoms with Crippen molar-refractivity contribution in [1.29, 1.82) is 0 Å². The summed E-state index contributed by atoms with van der Waals surface area (Å²) in [6.07, 6.45) is 1.55. The van der Waals surface area contributed by atoms with Crippen molar-refractivity contribution in [3.05, 3.63) is 47.8 Å². The number of benzene rings is 1. The smallest absolute Gasteiger partial charge is 0.295 e. The van der Waals surface area contributed by atoms with Gasteiger partial charge in [0.1, 0.15) is 5.75 Å². The quantitative estimate of drug-likeness (QED) is 0.756. The fraction of sp³-hybridized carbons (Fsp3) is 0.176. The monoisotopic (exact) mass is 356 g/mol. The molecule has 128 valence electrons. The van der Waals surface area contributed by atoms with Crippen molar-refractivity contribution in [2.45, 2.75) is 6.92 Å². The van der Waals surface area contributed by atoms with Crippen molar-refractivity contribution in [2.75, 3.05) is 19.5 Å². The van der Waals surface area contributed by atoms with Gasteiger partial charge in [-0.15, -0.1) is 5.10 Å². The first-order chi connectivity index (χ1) is 12.1. The molecule has 0 aliphatic heterocycles. The van der Waals surface area contributed by atoms with Crippen molar-refractivity contribution in [3.63, 3.8) is 0 Å². The van der Waals surface area contributed by atoms with E-state index < -0.39 is 0 Å². The Morgan fingerprint density at radius 1 is 1.12 bits per heavy atom. The van der Waals surface area contributed by atoms with Crippen LogP contribution in [0.3, 0.4) is 0 Å². The summed E-state index contributed by atoms with van der Waals surface area (Å²) in [4.78, 5) is 17.0. The molecule has 2 aromatic heterocycles. The first-order valence-corrected chi connectivity index (χ1v) is 8.23. The van der Waals surface area contributed by atoms with Crippen LogP contribution in [0.2, 0.25) is 0 Å². The van der Waals surface area contributed by atoms with E-state index in [-0.39, 0.29) is 5.91 Å². The highest BCUT2D eigenvalue weighted by molar-refractivity contribution is 7.17. The van der Waals surface area contributed by atoms with Gasteiger partial charge in [0.25, 0.3) is 11.1 Å². The molecule has 0 fully saturated rings. The van der Waals surface area contributed by atoms with Gasteiger partial charge in [-0.3, -0.25) is 15.1 Å². The number of anilines is 1. The molecule has 0 aliphatic carbocycles. The van der Waals surface area contributed by atoms with E-state index in [1.807, 2.05) is 37.3 Å². The number of aryl methyl sites for hydroxylation is 1. The third-order valence-electron chi connectivity index (χ3n) is 3.48. The maximum absolute atomic E-state index is 12.7. The molecule has 2 heterocycles. The minimum absolute atomic E-state index is 0.327. The van der Waals surface area contributed by atoms with Gasteiger partial charge in [0.05, 0.1) is 19.8 Å². The lowest BCUT2D eigenvalue weighted by Gasteiger charge is -2.13. The summed E-state index contributed by atoms with van der Waals surface area (Å²) in [6.45, 7) is 1.87. The molecule has 1 aromatic carbocycles. The first-order valence-electron chi connectivity index (χ1n) is 7.41. The molecule has 25 heavy (non-hydrogen) atoms. The standard InChI is InChI=1S/C17H16N4O3S/c1-10-8-12(11-6-4-5-7-14(11)23-2)13(9-18-10)15(22)19-16-20-21-17(24-3)25-16/h4-9H,1-3H3,(H,19,20,22). The van der Waals surface area contributed by atoms with Crippen LogP contribution >= 0.6 is 11.3 Å².